The van der Waals surface area contributed by atoms with E-state index in [2.05, 4.69) is 4.98 Å². The third kappa shape index (κ3) is 4.40. The zero-order valence-corrected chi connectivity index (χ0v) is 9.96. The fourth-order valence-electron chi connectivity index (χ4n) is 1.18. The van der Waals surface area contributed by atoms with E-state index in [9.17, 15) is 13.2 Å². The molecule has 0 radical (unpaired) electrons. The molecule has 2 N–H and O–H groups in total. The Morgan fingerprint density at radius 1 is 1.28 bits per heavy atom. The van der Waals surface area contributed by atoms with Crippen LogP contribution in [0, 0.1) is 0 Å². The van der Waals surface area contributed by atoms with Gasteiger partial charge in [-0.1, -0.05) is 6.92 Å². The zero-order valence-electron chi connectivity index (χ0n) is 9.96. The molecule has 0 amide bonds. The summed E-state index contributed by atoms with van der Waals surface area (Å²) in [5.74, 6) is -0.0302. The standard InChI is InChI=1S/C11H15F3N2O2/c1-2-3-17-4-5-18-9-6-10(11(12,13)14)16-7-8(9)15/h6-7H,2-5,15H2,1H3. The van der Waals surface area contributed by atoms with Crippen molar-refractivity contribution >= 4 is 5.69 Å². The fraction of sp³-hybridized carbons (Fsp3) is 0.545. The monoisotopic (exact) mass is 264 g/mol. The molecule has 0 saturated heterocycles. The molecule has 0 aliphatic rings. The van der Waals surface area contributed by atoms with Gasteiger partial charge in [-0.05, 0) is 6.42 Å². The third-order valence-electron chi connectivity index (χ3n) is 2.02. The second-order valence-corrected chi connectivity index (χ2v) is 3.57. The minimum atomic E-state index is -4.51. The highest BCUT2D eigenvalue weighted by Gasteiger charge is 2.33. The smallest absolute Gasteiger partial charge is 0.433 e. The van der Waals surface area contributed by atoms with Gasteiger partial charge in [-0.2, -0.15) is 13.2 Å². The summed E-state index contributed by atoms with van der Waals surface area (Å²) in [4.78, 5) is 3.21. The second kappa shape index (κ2) is 6.44. The van der Waals surface area contributed by atoms with Crippen LogP contribution in [0.1, 0.15) is 19.0 Å². The Hall–Kier alpha value is -1.50. The molecule has 0 fully saturated rings. The van der Waals surface area contributed by atoms with Crippen molar-refractivity contribution in [2.75, 3.05) is 25.6 Å². The van der Waals surface area contributed by atoms with E-state index in [1.54, 1.807) is 0 Å². The van der Waals surface area contributed by atoms with E-state index in [4.69, 9.17) is 15.2 Å². The molecule has 0 aliphatic heterocycles. The molecule has 0 aliphatic carbocycles. The van der Waals surface area contributed by atoms with Crippen LogP contribution < -0.4 is 10.5 Å². The van der Waals surface area contributed by atoms with Crippen LogP contribution in [0.3, 0.4) is 0 Å². The van der Waals surface area contributed by atoms with E-state index in [1.165, 1.54) is 0 Å². The molecule has 1 aromatic heterocycles. The molecule has 18 heavy (non-hydrogen) atoms. The van der Waals surface area contributed by atoms with Crippen LogP contribution in [0.2, 0.25) is 0 Å². The van der Waals surface area contributed by atoms with E-state index >= 15 is 0 Å². The molecule has 1 aromatic rings. The topological polar surface area (TPSA) is 57.4 Å². The van der Waals surface area contributed by atoms with Crippen molar-refractivity contribution in [1.29, 1.82) is 0 Å². The van der Waals surface area contributed by atoms with Gasteiger partial charge in [0.15, 0.2) is 0 Å². The quantitative estimate of drug-likeness (QED) is 0.802. The summed E-state index contributed by atoms with van der Waals surface area (Å²) in [5.41, 5.74) is 4.52. The Labute approximate surface area is 103 Å². The Balaban J connectivity index is 2.59. The van der Waals surface area contributed by atoms with Crippen molar-refractivity contribution in [3.8, 4) is 5.75 Å². The largest absolute Gasteiger partial charge is 0.489 e. The van der Waals surface area contributed by atoms with Crippen LogP contribution >= 0.6 is 0 Å². The maximum atomic E-state index is 12.4. The van der Waals surface area contributed by atoms with Crippen LogP contribution in [-0.4, -0.2) is 24.8 Å². The van der Waals surface area contributed by atoms with Crippen molar-refractivity contribution in [1.82, 2.24) is 4.98 Å². The Morgan fingerprint density at radius 3 is 2.61 bits per heavy atom. The lowest BCUT2D eigenvalue weighted by Gasteiger charge is -2.11. The maximum Gasteiger partial charge on any atom is 0.433 e. The first-order valence-corrected chi connectivity index (χ1v) is 5.48. The number of nitrogens with two attached hydrogens (primary N) is 1. The van der Waals surface area contributed by atoms with Crippen molar-refractivity contribution in [3.63, 3.8) is 0 Å². The molecule has 0 unspecified atom stereocenters. The van der Waals surface area contributed by atoms with Crippen LogP contribution in [0.15, 0.2) is 12.3 Å². The van der Waals surface area contributed by atoms with Gasteiger partial charge in [-0.3, -0.25) is 0 Å². The minimum Gasteiger partial charge on any atom is -0.489 e. The normalized spacial score (nSPS) is 11.6. The van der Waals surface area contributed by atoms with Gasteiger partial charge in [0.2, 0.25) is 0 Å². The first kappa shape index (κ1) is 14.6. The molecule has 0 spiro atoms. The Bertz CT molecular complexity index is 383. The predicted molar refractivity (Wildman–Crippen MR) is 60.3 cm³/mol. The third-order valence-corrected chi connectivity index (χ3v) is 2.02. The fourth-order valence-corrected chi connectivity index (χ4v) is 1.18. The van der Waals surface area contributed by atoms with Gasteiger partial charge in [0.05, 0.1) is 18.5 Å². The molecule has 102 valence electrons. The molecule has 1 rings (SSSR count). The molecule has 0 bridgehead atoms. The van der Waals surface area contributed by atoms with Gasteiger partial charge in [0.1, 0.15) is 18.1 Å². The Kier molecular flexibility index (Phi) is 5.21. The average Bonchev–Trinajstić information content (AvgIpc) is 2.29. The highest BCUT2D eigenvalue weighted by molar-refractivity contribution is 5.51. The first-order valence-electron chi connectivity index (χ1n) is 5.48. The van der Waals surface area contributed by atoms with E-state index in [1.807, 2.05) is 6.92 Å². The number of ether oxygens (including phenoxy) is 2. The van der Waals surface area contributed by atoms with E-state index in [-0.39, 0.29) is 18.0 Å². The average molecular weight is 264 g/mol. The lowest BCUT2D eigenvalue weighted by atomic mass is 10.3. The highest BCUT2D eigenvalue weighted by atomic mass is 19.4. The van der Waals surface area contributed by atoms with Crippen LogP contribution in [0.5, 0.6) is 5.75 Å². The molecule has 1 heterocycles. The van der Waals surface area contributed by atoms with Crippen molar-refractivity contribution < 1.29 is 22.6 Å². The lowest BCUT2D eigenvalue weighted by Crippen LogP contribution is -2.12. The van der Waals surface area contributed by atoms with E-state index in [0.29, 0.717) is 13.2 Å². The molecular weight excluding hydrogens is 249 g/mol. The molecular formula is C11H15F3N2O2. The summed E-state index contributed by atoms with van der Waals surface area (Å²) in [5, 5.41) is 0. The van der Waals surface area contributed by atoms with Gasteiger partial charge >= 0.3 is 6.18 Å². The summed E-state index contributed by atoms with van der Waals surface area (Å²) in [6.07, 6.45) is -2.70. The number of hydrogen-bond acceptors (Lipinski definition) is 4. The summed E-state index contributed by atoms with van der Waals surface area (Å²) >= 11 is 0. The lowest BCUT2D eigenvalue weighted by molar-refractivity contribution is -0.141. The van der Waals surface area contributed by atoms with Gasteiger partial charge in [-0.25, -0.2) is 4.98 Å². The number of halogens is 3. The minimum absolute atomic E-state index is 0.0302. The first-order chi connectivity index (χ1) is 8.45. The van der Waals surface area contributed by atoms with E-state index in [0.717, 1.165) is 18.7 Å². The molecule has 4 nitrogen and oxygen atoms in total. The number of nitrogens with zero attached hydrogens (tertiary/aromatic N) is 1. The SMILES string of the molecule is CCCOCCOc1cc(C(F)(F)F)ncc1N. The van der Waals surface area contributed by atoms with Gasteiger partial charge < -0.3 is 15.2 Å². The number of aromatic nitrogens is 1. The molecule has 7 heteroatoms. The number of anilines is 1. The molecule has 0 saturated carbocycles. The van der Waals surface area contributed by atoms with Crippen molar-refractivity contribution in [3.05, 3.63) is 18.0 Å². The zero-order chi connectivity index (χ0) is 13.6. The number of hydrogen-bond donors (Lipinski definition) is 1. The molecule has 0 atom stereocenters. The van der Waals surface area contributed by atoms with Crippen molar-refractivity contribution in [2.24, 2.45) is 0 Å². The summed E-state index contributed by atoms with van der Waals surface area (Å²) < 4.78 is 47.5. The summed E-state index contributed by atoms with van der Waals surface area (Å²) in [7, 11) is 0. The van der Waals surface area contributed by atoms with Crippen LogP contribution in [0.4, 0.5) is 18.9 Å². The number of alkyl halides is 3. The van der Waals surface area contributed by atoms with Gasteiger partial charge in [0, 0.05) is 12.7 Å². The molecule has 0 aromatic carbocycles. The van der Waals surface area contributed by atoms with Crippen molar-refractivity contribution in [2.45, 2.75) is 19.5 Å². The van der Waals surface area contributed by atoms with Crippen LogP contribution in [-0.2, 0) is 10.9 Å². The van der Waals surface area contributed by atoms with Crippen LogP contribution in [0.25, 0.3) is 0 Å². The summed E-state index contributed by atoms with van der Waals surface area (Å²) in [6, 6.07) is 0.787. The Morgan fingerprint density at radius 2 is 2.00 bits per heavy atom. The second-order valence-electron chi connectivity index (χ2n) is 3.57. The van der Waals surface area contributed by atoms with Gasteiger partial charge in [-0.15, -0.1) is 0 Å². The summed E-state index contributed by atoms with van der Waals surface area (Å²) in [6.45, 7) is 2.99. The van der Waals surface area contributed by atoms with Gasteiger partial charge in [0.25, 0.3) is 0 Å². The predicted octanol–water partition coefficient (Wildman–Crippen LogP) is 2.49. The number of rotatable bonds is 6. The van der Waals surface area contributed by atoms with E-state index < -0.39 is 11.9 Å². The number of nitrogen functional groups attached to an aromatic ring is 1. The highest BCUT2D eigenvalue weighted by Crippen LogP contribution is 2.31. The number of pyridine rings is 1. The maximum absolute atomic E-state index is 12.4.